The Morgan fingerprint density at radius 3 is 2.96 bits per heavy atom. The van der Waals surface area contributed by atoms with Gasteiger partial charge in [0.2, 0.25) is 0 Å². The predicted octanol–water partition coefficient (Wildman–Crippen LogP) is 2.50. The molecule has 0 spiro atoms. The van der Waals surface area contributed by atoms with Crippen LogP contribution in [0.1, 0.15) is 43.2 Å². The SMILES string of the molecule is CN=C(NCCc1ccco1)NCc1ccn(C2CCCC2)n1. The zero-order chi connectivity index (χ0) is 15.9. The van der Waals surface area contributed by atoms with Crippen LogP contribution in [-0.4, -0.2) is 29.3 Å². The summed E-state index contributed by atoms with van der Waals surface area (Å²) in [4.78, 5) is 4.24. The van der Waals surface area contributed by atoms with Crippen molar-refractivity contribution < 1.29 is 4.42 Å². The highest BCUT2D eigenvalue weighted by Crippen LogP contribution is 2.28. The van der Waals surface area contributed by atoms with Gasteiger partial charge in [-0.1, -0.05) is 12.8 Å². The molecule has 2 heterocycles. The van der Waals surface area contributed by atoms with Gasteiger partial charge in [-0.05, 0) is 31.0 Å². The van der Waals surface area contributed by atoms with Gasteiger partial charge < -0.3 is 15.1 Å². The summed E-state index contributed by atoms with van der Waals surface area (Å²) >= 11 is 0. The van der Waals surface area contributed by atoms with Gasteiger partial charge in [-0.2, -0.15) is 5.10 Å². The van der Waals surface area contributed by atoms with Gasteiger partial charge in [0, 0.05) is 26.2 Å². The van der Waals surface area contributed by atoms with E-state index in [1.54, 1.807) is 13.3 Å². The van der Waals surface area contributed by atoms with Crippen molar-refractivity contribution in [1.82, 2.24) is 20.4 Å². The first-order chi connectivity index (χ1) is 11.3. The van der Waals surface area contributed by atoms with Crippen molar-refractivity contribution in [2.75, 3.05) is 13.6 Å². The van der Waals surface area contributed by atoms with E-state index >= 15 is 0 Å². The van der Waals surface area contributed by atoms with E-state index in [1.165, 1.54) is 25.7 Å². The fourth-order valence-corrected chi connectivity index (χ4v) is 3.00. The molecule has 1 saturated carbocycles. The zero-order valence-corrected chi connectivity index (χ0v) is 13.7. The fourth-order valence-electron chi connectivity index (χ4n) is 3.00. The van der Waals surface area contributed by atoms with Gasteiger partial charge >= 0.3 is 0 Å². The second-order valence-corrected chi connectivity index (χ2v) is 5.91. The number of hydrogen-bond donors (Lipinski definition) is 2. The maximum Gasteiger partial charge on any atom is 0.191 e. The Bertz CT molecular complexity index is 611. The van der Waals surface area contributed by atoms with E-state index in [4.69, 9.17) is 4.42 Å². The highest BCUT2D eigenvalue weighted by Gasteiger charge is 2.17. The van der Waals surface area contributed by atoms with E-state index < -0.39 is 0 Å². The largest absolute Gasteiger partial charge is 0.469 e. The second-order valence-electron chi connectivity index (χ2n) is 5.91. The van der Waals surface area contributed by atoms with E-state index in [9.17, 15) is 0 Å². The van der Waals surface area contributed by atoms with Gasteiger partial charge in [0.05, 0.1) is 24.5 Å². The molecule has 1 fully saturated rings. The van der Waals surface area contributed by atoms with E-state index in [0.29, 0.717) is 12.6 Å². The van der Waals surface area contributed by atoms with Crippen molar-refractivity contribution in [3.63, 3.8) is 0 Å². The van der Waals surface area contributed by atoms with Gasteiger partial charge in [-0.15, -0.1) is 0 Å². The van der Waals surface area contributed by atoms with Crippen molar-refractivity contribution in [3.8, 4) is 0 Å². The normalized spacial score (nSPS) is 16.0. The van der Waals surface area contributed by atoms with Crippen LogP contribution in [0, 0.1) is 0 Å². The number of nitrogens with one attached hydrogen (secondary N) is 2. The lowest BCUT2D eigenvalue weighted by atomic mass is 10.3. The molecule has 0 aromatic carbocycles. The third kappa shape index (κ3) is 4.37. The lowest BCUT2D eigenvalue weighted by Gasteiger charge is -2.11. The van der Waals surface area contributed by atoms with Gasteiger partial charge in [0.1, 0.15) is 5.76 Å². The summed E-state index contributed by atoms with van der Waals surface area (Å²) in [7, 11) is 1.78. The average Bonchev–Trinajstić information content (AvgIpc) is 3.32. The molecule has 1 aliphatic carbocycles. The summed E-state index contributed by atoms with van der Waals surface area (Å²) in [5.74, 6) is 1.76. The molecular formula is C17H25N5O. The van der Waals surface area contributed by atoms with Gasteiger partial charge in [-0.25, -0.2) is 0 Å². The van der Waals surface area contributed by atoms with Crippen LogP contribution in [0.15, 0.2) is 40.1 Å². The molecule has 2 aromatic rings. The second kappa shape index (κ2) is 7.85. The zero-order valence-electron chi connectivity index (χ0n) is 13.7. The first-order valence-electron chi connectivity index (χ1n) is 8.36. The number of aliphatic imine (C=N–C) groups is 1. The standard InChI is InChI=1S/C17H25N5O/c1-18-17(19-10-8-16-7-4-12-23-16)20-13-14-9-11-22(21-14)15-5-2-3-6-15/h4,7,9,11-12,15H,2-3,5-6,8,10,13H2,1H3,(H2,18,19,20). The third-order valence-electron chi connectivity index (χ3n) is 4.27. The highest BCUT2D eigenvalue weighted by atomic mass is 16.3. The molecule has 0 bridgehead atoms. The molecule has 0 aliphatic heterocycles. The van der Waals surface area contributed by atoms with Crippen LogP contribution < -0.4 is 10.6 Å². The molecule has 0 saturated heterocycles. The van der Waals surface area contributed by atoms with Crippen LogP contribution >= 0.6 is 0 Å². The van der Waals surface area contributed by atoms with E-state index in [2.05, 4.69) is 37.7 Å². The fraction of sp³-hybridized carbons (Fsp3) is 0.529. The molecule has 2 aromatic heterocycles. The Hall–Kier alpha value is -2.24. The number of furan rings is 1. The minimum atomic E-state index is 0.592. The van der Waals surface area contributed by atoms with Crippen molar-refractivity contribution in [1.29, 1.82) is 0 Å². The van der Waals surface area contributed by atoms with Crippen LogP contribution in [0.2, 0.25) is 0 Å². The highest BCUT2D eigenvalue weighted by molar-refractivity contribution is 5.79. The number of aromatic nitrogens is 2. The molecule has 1 aliphatic rings. The lowest BCUT2D eigenvalue weighted by Crippen LogP contribution is -2.37. The number of hydrogen-bond acceptors (Lipinski definition) is 3. The molecule has 0 amide bonds. The average molecular weight is 315 g/mol. The molecular weight excluding hydrogens is 290 g/mol. The van der Waals surface area contributed by atoms with Crippen LogP contribution in [0.25, 0.3) is 0 Å². The molecule has 0 radical (unpaired) electrons. The number of nitrogens with zero attached hydrogens (tertiary/aromatic N) is 3. The minimum Gasteiger partial charge on any atom is -0.469 e. The summed E-state index contributed by atoms with van der Waals surface area (Å²) in [6.07, 6.45) is 9.79. The predicted molar refractivity (Wildman–Crippen MR) is 90.3 cm³/mol. The molecule has 6 heteroatoms. The van der Waals surface area contributed by atoms with Crippen molar-refractivity contribution in [2.45, 2.75) is 44.7 Å². The van der Waals surface area contributed by atoms with E-state index in [0.717, 1.165) is 30.4 Å². The lowest BCUT2D eigenvalue weighted by molar-refractivity contribution is 0.462. The van der Waals surface area contributed by atoms with Crippen LogP contribution in [-0.2, 0) is 13.0 Å². The van der Waals surface area contributed by atoms with Crippen molar-refractivity contribution in [3.05, 3.63) is 42.1 Å². The van der Waals surface area contributed by atoms with Crippen LogP contribution in [0.4, 0.5) is 0 Å². The summed E-state index contributed by atoms with van der Waals surface area (Å²) in [6.45, 7) is 1.46. The number of guanidine groups is 1. The van der Waals surface area contributed by atoms with E-state index in [1.807, 2.05) is 12.1 Å². The topological polar surface area (TPSA) is 67.4 Å². The van der Waals surface area contributed by atoms with Crippen LogP contribution in [0.5, 0.6) is 0 Å². The first kappa shape index (κ1) is 15.6. The van der Waals surface area contributed by atoms with Crippen molar-refractivity contribution >= 4 is 5.96 Å². The van der Waals surface area contributed by atoms with Crippen LogP contribution in [0.3, 0.4) is 0 Å². The monoisotopic (exact) mass is 315 g/mol. The summed E-state index contributed by atoms with van der Waals surface area (Å²) < 4.78 is 7.44. The maximum absolute atomic E-state index is 5.32. The van der Waals surface area contributed by atoms with Gasteiger partial charge in [0.15, 0.2) is 5.96 Å². The molecule has 0 atom stereocenters. The summed E-state index contributed by atoms with van der Waals surface area (Å²) in [5.41, 5.74) is 1.05. The number of rotatable bonds is 6. The molecule has 3 rings (SSSR count). The molecule has 2 N–H and O–H groups in total. The Labute approximate surface area is 137 Å². The Balaban J connectivity index is 1.42. The maximum atomic E-state index is 5.32. The third-order valence-corrected chi connectivity index (χ3v) is 4.27. The quantitative estimate of drug-likeness (QED) is 0.635. The van der Waals surface area contributed by atoms with E-state index in [-0.39, 0.29) is 0 Å². The summed E-state index contributed by atoms with van der Waals surface area (Å²) in [6, 6.07) is 6.56. The van der Waals surface area contributed by atoms with Crippen molar-refractivity contribution in [2.24, 2.45) is 4.99 Å². The molecule has 124 valence electrons. The molecule has 6 nitrogen and oxygen atoms in total. The molecule has 23 heavy (non-hydrogen) atoms. The Morgan fingerprint density at radius 2 is 2.22 bits per heavy atom. The smallest absolute Gasteiger partial charge is 0.191 e. The first-order valence-corrected chi connectivity index (χ1v) is 8.36. The van der Waals surface area contributed by atoms with Gasteiger partial charge in [-0.3, -0.25) is 9.67 Å². The molecule has 0 unspecified atom stereocenters. The Kier molecular flexibility index (Phi) is 5.34. The minimum absolute atomic E-state index is 0.592. The Morgan fingerprint density at radius 1 is 1.35 bits per heavy atom. The summed E-state index contributed by atoms with van der Waals surface area (Å²) in [5, 5.41) is 11.3. The van der Waals surface area contributed by atoms with Gasteiger partial charge in [0.25, 0.3) is 0 Å².